The molecular formula is C29H36N4O5S. The van der Waals surface area contributed by atoms with Crippen LogP contribution in [0, 0.1) is 5.92 Å². The lowest BCUT2D eigenvalue weighted by molar-refractivity contribution is -0.124. The van der Waals surface area contributed by atoms with Gasteiger partial charge in [-0.2, -0.15) is 0 Å². The molecule has 10 heteroatoms. The van der Waals surface area contributed by atoms with Crippen molar-refractivity contribution in [3.05, 3.63) is 54.1 Å². The average molecular weight is 553 g/mol. The topological polar surface area (TPSA) is 91.4 Å². The molecule has 2 amide bonds. The summed E-state index contributed by atoms with van der Waals surface area (Å²) in [7, 11) is 1.58. The van der Waals surface area contributed by atoms with E-state index in [2.05, 4.69) is 17.1 Å². The molecule has 0 radical (unpaired) electrons. The van der Waals surface area contributed by atoms with Crippen LogP contribution >= 0.6 is 12.2 Å². The summed E-state index contributed by atoms with van der Waals surface area (Å²) in [6.45, 7) is 7.62. The molecule has 1 atom stereocenters. The Balaban J connectivity index is 1.51. The molecule has 2 fully saturated rings. The van der Waals surface area contributed by atoms with Crippen LogP contribution in [0.4, 0.5) is 11.4 Å². The predicted octanol–water partition coefficient (Wildman–Crippen LogP) is 3.93. The number of carbonyl (C=O) groups is 3. The number of benzene rings is 2. The predicted molar refractivity (Wildman–Crippen MR) is 154 cm³/mol. The van der Waals surface area contributed by atoms with Crippen LogP contribution in [0.25, 0.3) is 0 Å². The molecule has 39 heavy (non-hydrogen) atoms. The van der Waals surface area contributed by atoms with Crippen molar-refractivity contribution in [2.45, 2.75) is 39.2 Å². The fourth-order valence-corrected chi connectivity index (χ4v) is 5.30. The van der Waals surface area contributed by atoms with Gasteiger partial charge in [-0.15, -0.1) is 0 Å². The molecular weight excluding hydrogens is 516 g/mol. The van der Waals surface area contributed by atoms with Gasteiger partial charge in [0, 0.05) is 18.8 Å². The largest absolute Gasteiger partial charge is 0.497 e. The maximum absolute atomic E-state index is 13.7. The van der Waals surface area contributed by atoms with Crippen molar-refractivity contribution in [3.8, 4) is 5.75 Å². The van der Waals surface area contributed by atoms with Gasteiger partial charge in [0.1, 0.15) is 11.8 Å². The van der Waals surface area contributed by atoms with Crippen LogP contribution in [0.5, 0.6) is 5.75 Å². The van der Waals surface area contributed by atoms with Crippen LogP contribution in [0.15, 0.2) is 48.5 Å². The van der Waals surface area contributed by atoms with Crippen LogP contribution in [0.2, 0.25) is 0 Å². The number of hydrogen-bond acceptors (Lipinski definition) is 7. The lowest BCUT2D eigenvalue weighted by Crippen LogP contribution is -2.44. The number of thiocarbonyl (C=S) groups is 1. The quantitative estimate of drug-likeness (QED) is 0.350. The number of methoxy groups -OCH3 is 1. The van der Waals surface area contributed by atoms with Gasteiger partial charge in [0.15, 0.2) is 5.11 Å². The van der Waals surface area contributed by atoms with Crippen molar-refractivity contribution < 1.29 is 23.9 Å². The number of esters is 1. The summed E-state index contributed by atoms with van der Waals surface area (Å²) in [5.74, 6) is 0.439. The van der Waals surface area contributed by atoms with Crippen molar-refractivity contribution in [1.29, 1.82) is 0 Å². The minimum absolute atomic E-state index is 0.0422. The van der Waals surface area contributed by atoms with Crippen LogP contribution in [-0.4, -0.2) is 78.6 Å². The maximum Gasteiger partial charge on any atom is 0.338 e. The van der Waals surface area contributed by atoms with E-state index < -0.39 is 12.0 Å². The van der Waals surface area contributed by atoms with E-state index in [-0.39, 0.29) is 24.8 Å². The highest BCUT2D eigenvalue weighted by Crippen LogP contribution is 2.28. The van der Waals surface area contributed by atoms with Crippen LogP contribution < -0.4 is 15.0 Å². The number of carbonyl (C=O) groups excluding carboxylic acids is 3. The molecule has 0 aromatic heterocycles. The zero-order valence-corrected chi connectivity index (χ0v) is 23.5. The van der Waals surface area contributed by atoms with Crippen LogP contribution in [-0.2, 0) is 14.3 Å². The summed E-state index contributed by atoms with van der Waals surface area (Å²) in [4.78, 5) is 44.5. The monoisotopic (exact) mass is 552 g/mol. The summed E-state index contributed by atoms with van der Waals surface area (Å²) in [5, 5.41) is 3.23. The number of nitrogens with zero attached hydrogens (tertiary/aromatic N) is 3. The second-order valence-electron chi connectivity index (χ2n) is 9.94. The first-order valence-electron chi connectivity index (χ1n) is 13.4. The van der Waals surface area contributed by atoms with Crippen molar-refractivity contribution in [2.24, 2.45) is 5.92 Å². The third kappa shape index (κ3) is 6.93. The molecule has 4 rings (SSSR count). The third-order valence-electron chi connectivity index (χ3n) is 7.24. The van der Waals surface area contributed by atoms with E-state index in [1.54, 1.807) is 62.6 Å². The van der Waals surface area contributed by atoms with E-state index >= 15 is 0 Å². The molecule has 0 aliphatic carbocycles. The Morgan fingerprint density at radius 3 is 2.31 bits per heavy atom. The van der Waals surface area contributed by atoms with E-state index in [0.29, 0.717) is 34.3 Å². The summed E-state index contributed by atoms with van der Waals surface area (Å²) in [6, 6.07) is 12.9. The second-order valence-corrected chi connectivity index (χ2v) is 10.3. The minimum atomic E-state index is -0.732. The summed E-state index contributed by atoms with van der Waals surface area (Å²) < 4.78 is 10.2. The van der Waals surface area contributed by atoms with Gasteiger partial charge < -0.3 is 24.6 Å². The maximum atomic E-state index is 13.7. The highest BCUT2D eigenvalue weighted by molar-refractivity contribution is 7.80. The number of likely N-dealkylation sites (tertiary alicyclic amines) is 1. The first-order chi connectivity index (χ1) is 18.8. The van der Waals surface area contributed by atoms with Crippen molar-refractivity contribution in [2.75, 3.05) is 50.1 Å². The van der Waals surface area contributed by atoms with Crippen LogP contribution in [0.1, 0.15) is 43.5 Å². The Bertz CT molecular complexity index is 1180. The number of rotatable bonds is 10. The second kappa shape index (κ2) is 13.0. The van der Waals surface area contributed by atoms with Gasteiger partial charge in [0.2, 0.25) is 5.91 Å². The fourth-order valence-electron chi connectivity index (χ4n) is 4.88. The Morgan fingerprint density at radius 2 is 1.69 bits per heavy atom. The Kier molecular flexibility index (Phi) is 9.53. The van der Waals surface area contributed by atoms with Gasteiger partial charge in [-0.25, -0.2) is 4.79 Å². The number of piperidine rings is 1. The number of anilines is 2. The number of nitrogens with one attached hydrogen (secondary N) is 1. The molecule has 1 N–H and O–H groups in total. The normalized spacial score (nSPS) is 18.4. The molecule has 2 aliphatic rings. The van der Waals surface area contributed by atoms with E-state index in [4.69, 9.17) is 21.7 Å². The number of hydrogen-bond donors (Lipinski definition) is 1. The lowest BCUT2D eigenvalue weighted by atomic mass is 9.99. The summed E-state index contributed by atoms with van der Waals surface area (Å²) in [5.41, 5.74) is 1.56. The SMILES string of the molecule is CCOC(=O)c1ccc(N2C(=O)[C@@H](CC(=O)Nc3ccc(OC)cc3)N(CCN3CCC(C)CC3)C2=S)cc1. The fraction of sp³-hybridized carbons (Fsp3) is 0.448. The molecule has 9 nitrogen and oxygen atoms in total. The van der Waals surface area contributed by atoms with Gasteiger partial charge in [0.05, 0.1) is 31.4 Å². The first-order valence-corrected chi connectivity index (χ1v) is 13.8. The van der Waals surface area contributed by atoms with Crippen LogP contribution in [0.3, 0.4) is 0 Å². The smallest absolute Gasteiger partial charge is 0.338 e. The summed E-state index contributed by atoms with van der Waals surface area (Å²) >= 11 is 5.80. The molecule has 0 spiro atoms. The standard InChI is InChI=1S/C29H36N4O5S/c1-4-38-28(36)21-5-9-23(10-6-21)33-27(35)25(19-26(34)30-22-7-11-24(37-3)12-8-22)32(29(33)39)18-17-31-15-13-20(2)14-16-31/h5-12,20,25H,4,13-19H2,1-3H3,(H,30,34)/t25-/m1/s1. The minimum Gasteiger partial charge on any atom is -0.497 e. The highest BCUT2D eigenvalue weighted by Gasteiger charge is 2.44. The Morgan fingerprint density at radius 1 is 1.03 bits per heavy atom. The molecule has 2 saturated heterocycles. The first kappa shape index (κ1) is 28.5. The molecule has 208 valence electrons. The molecule has 2 heterocycles. The molecule has 0 bridgehead atoms. The van der Waals surface area contributed by atoms with Crippen molar-refractivity contribution in [1.82, 2.24) is 9.80 Å². The summed E-state index contributed by atoms with van der Waals surface area (Å²) in [6.07, 6.45) is 2.26. The molecule has 0 unspecified atom stereocenters. The van der Waals surface area contributed by atoms with Crippen molar-refractivity contribution >= 4 is 46.5 Å². The van der Waals surface area contributed by atoms with E-state index in [1.807, 2.05) is 4.90 Å². The Labute approximate surface area is 235 Å². The van der Waals surface area contributed by atoms with E-state index in [0.717, 1.165) is 38.4 Å². The Hall–Kier alpha value is -3.50. The molecule has 2 aromatic carbocycles. The van der Waals surface area contributed by atoms with Crippen molar-refractivity contribution in [3.63, 3.8) is 0 Å². The zero-order valence-electron chi connectivity index (χ0n) is 22.7. The molecule has 2 aliphatic heterocycles. The highest BCUT2D eigenvalue weighted by atomic mass is 32.1. The van der Waals surface area contributed by atoms with Gasteiger partial charge >= 0.3 is 5.97 Å². The third-order valence-corrected chi connectivity index (χ3v) is 7.66. The zero-order chi connectivity index (χ0) is 27.9. The van der Waals surface area contributed by atoms with E-state index in [1.165, 1.54) is 4.90 Å². The van der Waals surface area contributed by atoms with E-state index in [9.17, 15) is 14.4 Å². The van der Waals surface area contributed by atoms with Gasteiger partial charge in [-0.1, -0.05) is 6.92 Å². The number of ether oxygens (including phenoxy) is 2. The average Bonchev–Trinajstić information content (AvgIpc) is 3.17. The van der Waals surface area contributed by atoms with Gasteiger partial charge in [-0.3, -0.25) is 14.5 Å². The van der Waals surface area contributed by atoms with Gasteiger partial charge in [-0.05, 0) is 99.5 Å². The molecule has 0 saturated carbocycles. The van der Waals surface area contributed by atoms with Gasteiger partial charge in [0.25, 0.3) is 5.91 Å². The lowest BCUT2D eigenvalue weighted by Gasteiger charge is -2.32. The number of amides is 2. The molecule has 2 aromatic rings.